The second-order valence-corrected chi connectivity index (χ2v) is 5.33. The third kappa shape index (κ3) is 5.88. The zero-order valence-electron chi connectivity index (χ0n) is 13.2. The minimum Gasteiger partial charge on any atom is -0.481 e. The summed E-state index contributed by atoms with van der Waals surface area (Å²) in [7, 11) is 0. The molecule has 0 fully saturated rings. The molecule has 1 atom stereocenters. The molecule has 114 valence electrons. The van der Waals surface area contributed by atoms with Crippen LogP contribution in [0.5, 0.6) is 5.75 Å². The summed E-state index contributed by atoms with van der Waals surface area (Å²) in [6, 6.07) is 6.32. The lowest BCUT2D eigenvalue weighted by molar-refractivity contribution is -0.127. The van der Waals surface area contributed by atoms with Crippen LogP contribution in [0, 0.1) is 19.3 Å². The smallest absolute Gasteiger partial charge is 0.261 e. The Kier molecular flexibility index (Phi) is 6.77. The summed E-state index contributed by atoms with van der Waals surface area (Å²) in [5.74, 6) is 2.88. The Morgan fingerprint density at radius 1 is 1.38 bits per heavy atom. The van der Waals surface area contributed by atoms with E-state index < -0.39 is 6.10 Å². The van der Waals surface area contributed by atoms with Gasteiger partial charge in [0.05, 0.1) is 6.54 Å². The number of rotatable bonds is 7. The van der Waals surface area contributed by atoms with Crippen molar-refractivity contribution in [3.05, 3.63) is 29.3 Å². The van der Waals surface area contributed by atoms with E-state index in [1.54, 1.807) is 6.92 Å². The normalized spacial score (nSPS) is 11.8. The maximum atomic E-state index is 11.8. The van der Waals surface area contributed by atoms with Crippen LogP contribution in [-0.4, -0.2) is 24.6 Å². The van der Waals surface area contributed by atoms with Gasteiger partial charge in [-0.1, -0.05) is 37.5 Å². The molecule has 0 spiro atoms. The van der Waals surface area contributed by atoms with Crippen LogP contribution in [0.15, 0.2) is 18.2 Å². The monoisotopic (exact) mass is 288 g/mol. The Morgan fingerprint density at radius 3 is 2.71 bits per heavy atom. The van der Waals surface area contributed by atoms with Gasteiger partial charge in [-0.3, -0.25) is 4.79 Å². The first-order chi connectivity index (χ1) is 9.93. The van der Waals surface area contributed by atoms with Gasteiger partial charge in [-0.05, 0) is 19.9 Å². The SMILES string of the molecule is C#CCNC(=O)C(C)Oc1ccc(C)cc1CNC(C)C. The number of aryl methyl sites for hydroxylation is 1. The van der Waals surface area contributed by atoms with Crippen molar-refractivity contribution in [1.29, 1.82) is 0 Å². The van der Waals surface area contributed by atoms with Crippen LogP contribution in [0.1, 0.15) is 31.9 Å². The molecular formula is C17H24N2O2. The lowest BCUT2D eigenvalue weighted by Crippen LogP contribution is -2.36. The number of ether oxygens (including phenoxy) is 1. The second-order valence-electron chi connectivity index (χ2n) is 5.33. The van der Waals surface area contributed by atoms with Gasteiger partial charge in [0.1, 0.15) is 5.75 Å². The van der Waals surface area contributed by atoms with Crippen LogP contribution in [0.25, 0.3) is 0 Å². The molecule has 0 radical (unpaired) electrons. The number of hydrogen-bond acceptors (Lipinski definition) is 3. The van der Waals surface area contributed by atoms with E-state index in [4.69, 9.17) is 11.2 Å². The summed E-state index contributed by atoms with van der Waals surface area (Å²) in [5.41, 5.74) is 2.20. The molecule has 0 aliphatic heterocycles. The van der Waals surface area contributed by atoms with Crippen LogP contribution in [-0.2, 0) is 11.3 Å². The molecule has 1 rings (SSSR count). The second kappa shape index (κ2) is 8.33. The summed E-state index contributed by atoms with van der Waals surface area (Å²) in [6.07, 6.45) is 4.54. The standard InChI is InChI=1S/C17H24N2O2/c1-6-9-18-17(20)14(5)21-16-8-7-13(4)10-15(16)11-19-12(2)3/h1,7-8,10,12,14,19H,9,11H2,2-5H3,(H,18,20). The quantitative estimate of drug-likeness (QED) is 0.755. The minimum atomic E-state index is -0.584. The first-order valence-corrected chi connectivity index (χ1v) is 7.14. The average Bonchev–Trinajstić information content (AvgIpc) is 2.44. The molecule has 0 saturated carbocycles. The van der Waals surface area contributed by atoms with Crippen molar-refractivity contribution < 1.29 is 9.53 Å². The van der Waals surface area contributed by atoms with Crippen LogP contribution in [0.3, 0.4) is 0 Å². The molecule has 4 heteroatoms. The largest absolute Gasteiger partial charge is 0.481 e. The number of nitrogens with one attached hydrogen (secondary N) is 2. The third-order valence-electron chi connectivity index (χ3n) is 2.95. The minimum absolute atomic E-state index is 0.211. The van der Waals surface area contributed by atoms with E-state index in [1.807, 2.05) is 19.1 Å². The average molecular weight is 288 g/mol. The van der Waals surface area contributed by atoms with E-state index in [-0.39, 0.29) is 12.5 Å². The summed E-state index contributed by atoms with van der Waals surface area (Å²) in [6.45, 7) is 8.84. The van der Waals surface area contributed by atoms with Crippen molar-refractivity contribution in [3.63, 3.8) is 0 Å². The van der Waals surface area contributed by atoms with Gasteiger partial charge >= 0.3 is 0 Å². The van der Waals surface area contributed by atoms with Crippen molar-refractivity contribution in [3.8, 4) is 18.1 Å². The number of amides is 1. The number of benzene rings is 1. The molecule has 1 amide bonds. The summed E-state index contributed by atoms with van der Waals surface area (Å²) >= 11 is 0. The Labute approximate surface area is 127 Å². The molecule has 0 aromatic heterocycles. The van der Waals surface area contributed by atoms with Gasteiger partial charge in [-0.25, -0.2) is 0 Å². The summed E-state index contributed by atoms with van der Waals surface area (Å²) in [5, 5.41) is 5.98. The van der Waals surface area contributed by atoms with Crippen molar-refractivity contribution in [1.82, 2.24) is 10.6 Å². The molecule has 0 saturated heterocycles. The van der Waals surface area contributed by atoms with Crippen molar-refractivity contribution in [2.45, 2.75) is 46.4 Å². The van der Waals surface area contributed by atoms with E-state index >= 15 is 0 Å². The highest BCUT2D eigenvalue weighted by molar-refractivity contribution is 5.80. The first kappa shape index (κ1) is 17.1. The molecule has 1 aromatic carbocycles. The number of carbonyl (C=O) groups excluding carboxylic acids is 1. The van der Waals surface area contributed by atoms with Crippen molar-refractivity contribution in [2.75, 3.05) is 6.54 Å². The number of carbonyl (C=O) groups is 1. The molecule has 2 N–H and O–H groups in total. The van der Waals surface area contributed by atoms with Gasteiger partial charge < -0.3 is 15.4 Å². The van der Waals surface area contributed by atoms with E-state index in [2.05, 4.69) is 36.5 Å². The van der Waals surface area contributed by atoms with Crippen LogP contribution in [0.2, 0.25) is 0 Å². The number of terminal acetylenes is 1. The molecule has 0 aliphatic rings. The van der Waals surface area contributed by atoms with Crippen LogP contribution < -0.4 is 15.4 Å². The van der Waals surface area contributed by atoms with Gasteiger partial charge in [0.25, 0.3) is 5.91 Å². The summed E-state index contributed by atoms with van der Waals surface area (Å²) < 4.78 is 5.77. The summed E-state index contributed by atoms with van der Waals surface area (Å²) in [4.78, 5) is 11.8. The molecule has 1 unspecified atom stereocenters. The molecule has 4 nitrogen and oxygen atoms in total. The lowest BCUT2D eigenvalue weighted by atomic mass is 10.1. The maximum Gasteiger partial charge on any atom is 0.261 e. The van der Waals surface area contributed by atoms with Crippen molar-refractivity contribution >= 4 is 5.91 Å². The van der Waals surface area contributed by atoms with E-state index in [0.717, 1.165) is 16.9 Å². The Bertz CT molecular complexity index is 518. The van der Waals surface area contributed by atoms with Gasteiger partial charge in [0.2, 0.25) is 0 Å². The highest BCUT2D eigenvalue weighted by Gasteiger charge is 2.15. The molecule has 0 aliphatic carbocycles. The first-order valence-electron chi connectivity index (χ1n) is 7.14. The zero-order valence-corrected chi connectivity index (χ0v) is 13.2. The zero-order chi connectivity index (χ0) is 15.8. The van der Waals surface area contributed by atoms with E-state index in [9.17, 15) is 4.79 Å². The Balaban J connectivity index is 2.77. The highest BCUT2D eigenvalue weighted by Crippen LogP contribution is 2.21. The van der Waals surface area contributed by atoms with E-state index in [1.165, 1.54) is 0 Å². The van der Waals surface area contributed by atoms with E-state index in [0.29, 0.717) is 12.6 Å². The highest BCUT2D eigenvalue weighted by atomic mass is 16.5. The molecule has 1 aromatic rings. The van der Waals surface area contributed by atoms with Gasteiger partial charge in [0, 0.05) is 18.2 Å². The molecule has 0 heterocycles. The van der Waals surface area contributed by atoms with Gasteiger partial charge in [0.15, 0.2) is 6.10 Å². The Morgan fingerprint density at radius 2 is 2.10 bits per heavy atom. The maximum absolute atomic E-state index is 11.8. The van der Waals surface area contributed by atoms with Gasteiger partial charge in [-0.15, -0.1) is 6.42 Å². The third-order valence-corrected chi connectivity index (χ3v) is 2.95. The fourth-order valence-electron chi connectivity index (χ4n) is 1.80. The van der Waals surface area contributed by atoms with Gasteiger partial charge in [-0.2, -0.15) is 0 Å². The van der Waals surface area contributed by atoms with Crippen LogP contribution in [0.4, 0.5) is 0 Å². The number of hydrogen-bond donors (Lipinski definition) is 2. The lowest BCUT2D eigenvalue weighted by Gasteiger charge is -2.18. The fraction of sp³-hybridized carbons (Fsp3) is 0.471. The predicted molar refractivity (Wildman–Crippen MR) is 85.1 cm³/mol. The molecule has 0 bridgehead atoms. The van der Waals surface area contributed by atoms with Crippen molar-refractivity contribution in [2.24, 2.45) is 0 Å². The predicted octanol–water partition coefficient (Wildman–Crippen LogP) is 2.01. The fourth-order valence-corrected chi connectivity index (χ4v) is 1.80. The molecule has 21 heavy (non-hydrogen) atoms. The Hall–Kier alpha value is -1.99. The van der Waals surface area contributed by atoms with Crippen LogP contribution >= 0.6 is 0 Å². The topological polar surface area (TPSA) is 50.4 Å². The molecular weight excluding hydrogens is 264 g/mol.